The summed E-state index contributed by atoms with van der Waals surface area (Å²) in [6, 6.07) is 0. The predicted octanol–water partition coefficient (Wildman–Crippen LogP) is -0.354. The summed E-state index contributed by atoms with van der Waals surface area (Å²) in [7, 11) is 0. The zero-order valence-electron chi connectivity index (χ0n) is 9.04. The molecule has 0 aliphatic heterocycles. The number of hydrogen-bond acceptors (Lipinski definition) is 5. The molecule has 0 aliphatic rings. The molecule has 0 saturated carbocycles. The molecule has 1 aromatic rings. The maximum Gasteiger partial charge on any atom is 0.233 e. The monoisotopic (exact) mass is 212 g/mol. The van der Waals surface area contributed by atoms with E-state index in [2.05, 4.69) is 20.8 Å². The second kappa shape index (κ2) is 6.13. The lowest BCUT2D eigenvalue weighted by molar-refractivity contribution is -0.120. The third kappa shape index (κ3) is 4.55. The summed E-state index contributed by atoms with van der Waals surface area (Å²) in [5, 5.41) is 9.41. The Morgan fingerprint density at radius 2 is 2.33 bits per heavy atom. The molecule has 0 spiro atoms. The topological polar surface area (TPSA) is 80.0 Å². The minimum absolute atomic E-state index is 0.0166. The van der Waals surface area contributed by atoms with Gasteiger partial charge in [-0.2, -0.15) is 4.98 Å². The quantitative estimate of drug-likeness (QED) is 0.673. The molecule has 0 fully saturated rings. The highest BCUT2D eigenvalue weighted by atomic mass is 16.5. The van der Waals surface area contributed by atoms with Crippen LogP contribution in [0, 0.1) is 6.92 Å². The van der Waals surface area contributed by atoms with Gasteiger partial charge in [0.25, 0.3) is 0 Å². The molecule has 84 valence electrons. The Hall–Kier alpha value is -1.43. The van der Waals surface area contributed by atoms with Crippen LogP contribution in [0.25, 0.3) is 0 Å². The summed E-state index contributed by atoms with van der Waals surface area (Å²) in [5.74, 6) is 1.15. The Morgan fingerprint density at radius 3 is 2.93 bits per heavy atom. The largest absolute Gasteiger partial charge is 0.355 e. The van der Waals surface area contributed by atoms with Crippen molar-refractivity contribution in [2.24, 2.45) is 0 Å². The fourth-order valence-electron chi connectivity index (χ4n) is 1.06. The van der Waals surface area contributed by atoms with E-state index in [1.807, 2.05) is 6.92 Å². The van der Waals surface area contributed by atoms with Gasteiger partial charge in [0.15, 0.2) is 5.82 Å². The van der Waals surface area contributed by atoms with E-state index in [1.54, 1.807) is 6.92 Å². The first kappa shape index (κ1) is 11.6. The Morgan fingerprint density at radius 1 is 1.53 bits per heavy atom. The summed E-state index contributed by atoms with van der Waals surface area (Å²) in [5.41, 5.74) is 0. The van der Waals surface area contributed by atoms with Crippen LogP contribution in [0.4, 0.5) is 0 Å². The lowest BCUT2D eigenvalue weighted by Gasteiger charge is -2.03. The molecule has 1 amide bonds. The number of hydrogen-bond donors (Lipinski definition) is 2. The fraction of sp³-hybridized carbons (Fsp3) is 0.667. The van der Waals surface area contributed by atoms with E-state index in [1.165, 1.54) is 0 Å². The molecule has 0 bridgehead atoms. The summed E-state index contributed by atoms with van der Waals surface area (Å²) >= 11 is 0. The summed E-state index contributed by atoms with van der Waals surface area (Å²) in [6.07, 6.45) is 0.592. The molecule has 0 unspecified atom stereocenters. The van der Waals surface area contributed by atoms with Gasteiger partial charge >= 0.3 is 0 Å². The highest BCUT2D eigenvalue weighted by Gasteiger charge is 2.03. The highest BCUT2D eigenvalue weighted by Crippen LogP contribution is 1.94. The number of nitrogens with one attached hydrogen (secondary N) is 2. The molecule has 1 rings (SSSR count). The number of amides is 1. The second-order valence-corrected chi connectivity index (χ2v) is 3.11. The lowest BCUT2D eigenvalue weighted by Crippen LogP contribution is -2.34. The molecule has 1 aromatic heterocycles. The third-order valence-corrected chi connectivity index (χ3v) is 1.78. The van der Waals surface area contributed by atoms with Crippen LogP contribution >= 0.6 is 0 Å². The van der Waals surface area contributed by atoms with Crippen molar-refractivity contribution in [3.05, 3.63) is 11.7 Å². The molecule has 6 heteroatoms. The van der Waals surface area contributed by atoms with Crippen molar-refractivity contribution in [2.45, 2.75) is 20.3 Å². The minimum atomic E-state index is -0.0166. The molecular formula is C9H16N4O2. The molecule has 6 nitrogen and oxygen atoms in total. The van der Waals surface area contributed by atoms with Gasteiger partial charge in [-0.1, -0.05) is 12.1 Å². The number of likely N-dealkylation sites (N-methyl/N-ethyl adjacent to an activating group) is 1. The molecule has 1 heterocycles. The molecule has 0 aromatic carbocycles. The normalized spacial score (nSPS) is 10.3. The maximum atomic E-state index is 11.2. The number of carbonyl (C=O) groups is 1. The first-order valence-electron chi connectivity index (χ1n) is 4.99. The van der Waals surface area contributed by atoms with Gasteiger partial charge in [0.1, 0.15) is 0 Å². The van der Waals surface area contributed by atoms with Crippen LogP contribution in [0.5, 0.6) is 0 Å². The van der Waals surface area contributed by atoms with Gasteiger partial charge in [-0.3, -0.25) is 4.79 Å². The van der Waals surface area contributed by atoms with Crippen LogP contribution in [0.15, 0.2) is 4.52 Å². The Bertz CT molecular complexity index is 311. The average molecular weight is 212 g/mol. The molecule has 15 heavy (non-hydrogen) atoms. The van der Waals surface area contributed by atoms with Gasteiger partial charge in [-0.15, -0.1) is 0 Å². The number of carbonyl (C=O) groups excluding carboxylic acids is 1. The predicted molar refractivity (Wildman–Crippen MR) is 54.3 cm³/mol. The number of nitrogens with zero attached hydrogens (tertiary/aromatic N) is 2. The van der Waals surface area contributed by atoms with E-state index in [9.17, 15) is 4.79 Å². The maximum absolute atomic E-state index is 11.2. The van der Waals surface area contributed by atoms with Crippen molar-refractivity contribution in [1.29, 1.82) is 0 Å². The first-order valence-corrected chi connectivity index (χ1v) is 4.99. The molecular weight excluding hydrogens is 196 g/mol. The third-order valence-electron chi connectivity index (χ3n) is 1.78. The second-order valence-electron chi connectivity index (χ2n) is 3.11. The van der Waals surface area contributed by atoms with Crippen molar-refractivity contribution < 1.29 is 9.32 Å². The van der Waals surface area contributed by atoms with Gasteiger partial charge in [0.2, 0.25) is 11.8 Å². The van der Waals surface area contributed by atoms with E-state index >= 15 is 0 Å². The van der Waals surface area contributed by atoms with Crippen molar-refractivity contribution in [2.75, 3.05) is 19.6 Å². The number of rotatable bonds is 6. The van der Waals surface area contributed by atoms with E-state index in [4.69, 9.17) is 4.52 Å². The lowest BCUT2D eigenvalue weighted by atomic mass is 10.4. The smallest absolute Gasteiger partial charge is 0.233 e. The molecule has 0 radical (unpaired) electrons. The van der Waals surface area contributed by atoms with Gasteiger partial charge in [0.05, 0.1) is 6.54 Å². The van der Waals surface area contributed by atoms with Crippen LogP contribution < -0.4 is 10.6 Å². The van der Waals surface area contributed by atoms with Crippen LogP contribution in [0.3, 0.4) is 0 Å². The van der Waals surface area contributed by atoms with Crippen molar-refractivity contribution in [3.8, 4) is 0 Å². The Labute approximate surface area is 88.4 Å². The van der Waals surface area contributed by atoms with E-state index in [0.717, 1.165) is 6.54 Å². The van der Waals surface area contributed by atoms with E-state index < -0.39 is 0 Å². The van der Waals surface area contributed by atoms with Crippen LogP contribution in [-0.4, -0.2) is 35.7 Å². The fourth-order valence-corrected chi connectivity index (χ4v) is 1.06. The minimum Gasteiger partial charge on any atom is -0.355 e. The zero-order valence-corrected chi connectivity index (χ0v) is 9.04. The molecule has 0 saturated heterocycles. The first-order chi connectivity index (χ1) is 7.22. The molecule has 2 N–H and O–H groups in total. The van der Waals surface area contributed by atoms with E-state index in [0.29, 0.717) is 31.2 Å². The van der Waals surface area contributed by atoms with E-state index in [-0.39, 0.29) is 5.91 Å². The van der Waals surface area contributed by atoms with Crippen LogP contribution in [0.2, 0.25) is 0 Å². The SMILES string of the molecule is CCNCC(=O)NCCc1noc(C)n1. The summed E-state index contributed by atoms with van der Waals surface area (Å²) in [4.78, 5) is 15.2. The van der Waals surface area contributed by atoms with Gasteiger partial charge in [-0.05, 0) is 6.54 Å². The standard InChI is InChI=1S/C9H16N4O2/c1-3-10-6-9(14)11-5-4-8-12-7(2)15-13-8/h10H,3-6H2,1-2H3,(H,11,14). The number of aromatic nitrogens is 2. The van der Waals surface area contributed by atoms with Gasteiger partial charge in [-0.25, -0.2) is 0 Å². The molecule has 0 aliphatic carbocycles. The van der Waals surface area contributed by atoms with Crippen molar-refractivity contribution in [1.82, 2.24) is 20.8 Å². The Kier molecular flexibility index (Phi) is 4.76. The number of aryl methyl sites for hydroxylation is 1. The van der Waals surface area contributed by atoms with Crippen molar-refractivity contribution in [3.63, 3.8) is 0 Å². The Balaban J connectivity index is 2.13. The van der Waals surface area contributed by atoms with Crippen molar-refractivity contribution >= 4 is 5.91 Å². The zero-order chi connectivity index (χ0) is 11.1. The average Bonchev–Trinajstić information content (AvgIpc) is 2.61. The summed E-state index contributed by atoms with van der Waals surface area (Å²) < 4.78 is 4.80. The van der Waals surface area contributed by atoms with Crippen LogP contribution in [0.1, 0.15) is 18.6 Å². The summed E-state index contributed by atoms with van der Waals surface area (Å²) in [6.45, 7) is 5.36. The molecule has 0 atom stereocenters. The van der Waals surface area contributed by atoms with Crippen LogP contribution in [-0.2, 0) is 11.2 Å². The highest BCUT2D eigenvalue weighted by molar-refractivity contribution is 5.77. The van der Waals surface area contributed by atoms with Gasteiger partial charge in [0, 0.05) is 19.9 Å². The van der Waals surface area contributed by atoms with Gasteiger partial charge < -0.3 is 15.2 Å².